The molecule has 25 heavy (non-hydrogen) atoms. The smallest absolute Gasteiger partial charge is 0.205 e. The largest absolute Gasteiger partial charge is 0.493 e. The molecule has 0 saturated heterocycles. The van der Waals surface area contributed by atoms with E-state index in [2.05, 4.69) is 31.9 Å². The highest BCUT2D eigenvalue weighted by atomic mass is 79.9. The molecule has 2 rings (SSSR count). The van der Waals surface area contributed by atoms with Gasteiger partial charge in [0, 0.05) is 6.42 Å². The van der Waals surface area contributed by atoms with Gasteiger partial charge in [-0.25, -0.2) is 0 Å². The van der Waals surface area contributed by atoms with E-state index in [0.29, 0.717) is 35.2 Å². The molecule has 2 aromatic rings. The Kier molecular flexibility index (Phi) is 6.84. The number of hydrogen-bond donors (Lipinski definition) is 0. The lowest BCUT2D eigenvalue weighted by Crippen LogP contribution is -2.02. The van der Waals surface area contributed by atoms with Gasteiger partial charge in [-0.2, -0.15) is 0 Å². The lowest BCUT2D eigenvalue weighted by atomic mass is 10.0. The Morgan fingerprint density at radius 1 is 0.680 bits per heavy atom. The Labute approximate surface area is 164 Å². The molecule has 0 bridgehead atoms. The van der Waals surface area contributed by atoms with Crippen molar-refractivity contribution in [2.24, 2.45) is 0 Å². The SMILES string of the molecule is COc1ccc(Cc2c(Br)c(OC)c(OC)c(OC)c2Br)cc1OC. The summed E-state index contributed by atoms with van der Waals surface area (Å²) in [4.78, 5) is 0. The highest BCUT2D eigenvalue weighted by Gasteiger charge is 2.24. The Morgan fingerprint density at radius 2 is 1.20 bits per heavy atom. The number of rotatable bonds is 7. The summed E-state index contributed by atoms with van der Waals surface area (Å²) in [5.74, 6) is 3.06. The minimum Gasteiger partial charge on any atom is -0.493 e. The van der Waals surface area contributed by atoms with Crippen LogP contribution in [-0.4, -0.2) is 35.5 Å². The molecule has 2 aromatic carbocycles. The summed E-state index contributed by atoms with van der Waals surface area (Å²) in [5.41, 5.74) is 2.02. The van der Waals surface area contributed by atoms with Gasteiger partial charge in [0.2, 0.25) is 5.75 Å². The van der Waals surface area contributed by atoms with Gasteiger partial charge in [0.25, 0.3) is 0 Å². The van der Waals surface area contributed by atoms with Crippen LogP contribution in [0.5, 0.6) is 28.7 Å². The van der Waals surface area contributed by atoms with Gasteiger partial charge in [0.15, 0.2) is 23.0 Å². The Balaban J connectivity index is 2.56. The van der Waals surface area contributed by atoms with Gasteiger partial charge in [-0.15, -0.1) is 0 Å². The van der Waals surface area contributed by atoms with Crippen LogP contribution in [-0.2, 0) is 6.42 Å². The van der Waals surface area contributed by atoms with Gasteiger partial charge in [0.1, 0.15) is 0 Å². The molecule has 0 radical (unpaired) electrons. The Hall–Kier alpha value is -1.60. The van der Waals surface area contributed by atoms with Crippen molar-refractivity contribution in [3.05, 3.63) is 38.3 Å². The maximum Gasteiger partial charge on any atom is 0.205 e. The normalized spacial score (nSPS) is 10.4. The van der Waals surface area contributed by atoms with Crippen molar-refractivity contribution >= 4 is 31.9 Å². The minimum atomic E-state index is 0.528. The molecule has 0 aromatic heterocycles. The third-order valence-corrected chi connectivity index (χ3v) is 5.46. The molecule has 0 aliphatic rings. The third kappa shape index (κ3) is 3.82. The molecular formula is C18H20Br2O5. The predicted octanol–water partition coefficient (Wildman–Crippen LogP) is 4.85. The summed E-state index contributed by atoms with van der Waals surface area (Å²) < 4.78 is 28.7. The molecule has 7 heteroatoms. The van der Waals surface area contributed by atoms with E-state index in [-0.39, 0.29) is 0 Å². The number of hydrogen-bond acceptors (Lipinski definition) is 5. The van der Waals surface area contributed by atoms with Crippen molar-refractivity contribution < 1.29 is 23.7 Å². The van der Waals surface area contributed by atoms with Crippen molar-refractivity contribution in [2.45, 2.75) is 6.42 Å². The maximum absolute atomic E-state index is 5.51. The summed E-state index contributed by atoms with van der Waals surface area (Å²) in [7, 11) is 8.00. The molecule has 0 aliphatic heterocycles. The second-order valence-corrected chi connectivity index (χ2v) is 6.66. The molecule has 136 valence electrons. The van der Waals surface area contributed by atoms with E-state index in [1.807, 2.05) is 18.2 Å². The predicted molar refractivity (Wildman–Crippen MR) is 104 cm³/mol. The fourth-order valence-electron chi connectivity index (χ4n) is 2.57. The molecule has 0 unspecified atom stereocenters. The summed E-state index contributed by atoms with van der Waals surface area (Å²) in [6.07, 6.45) is 0.623. The first-order valence-corrected chi connectivity index (χ1v) is 8.97. The standard InChI is InChI=1S/C18H20Br2O5/c1-21-12-7-6-10(9-13(12)22-2)8-11-14(19)16(23-3)18(25-5)17(24-4)15(11)20/h6-7,9H,8H2,1-5H3. The van der Waals surface area contributed by atoms with Crippen molar-refractivity contribution in [1.29, 1.82) is 0 Å². The Bertz CT molecular complexity index is 731. The van der Waals surface area contributed by atoms with E-state index in [4.69, 9.17) is 23.7 Å². The van der Waals surface area contributed by atoms with Crippen molar-refractivity contribution in [3.63, 3.8) is 0 Å². The van der Waals surface area contributed by atoms with Crippen molar-refractivity contribution in [2.75, 3.05) is 35.5 Å². The average molecular weight is 476 g/mol. The zero-order valence-electron chi connectivity index (χ0n) is 14.7. The first kappa shape index (κ1) is 19.7. The fourth-order valence-corrected chi connectivity index (χ4v) is 4.20. The van der Waals surface area contributed by atoms with Crippen LogP contribution in [0.3, 0.4) is 0 Å². The van der Waals surface area contributed by atoms with Gasteiger partial charge in [-0.3, -0.25) is 0 Å². The molecule has 5 nitrogen and oxygen atoms in total. The summed E-state index contributed by atoms with van der Waals surface area (Å²) >= 11 is 7.24. The maximum atomic E-state index is 5.51. The molecule has 0 atom stereocenters. The van der Waals surface area contributed by atoms with E-state index >= 15 is 0 Å². The first-order chi connectivity index (χ1) is 12.0. The zero-order chi connectivity index (χ0) is 18.6. The van der Waals surface area contributed by atoms with E-state index in [0.717, 1.165) is 20.1 Å². The number of halogens is 2. The quantitative estimate of drug-likeness (QED) is 0.573. The van der Waals surface area contributed by atoms with E-state index in [1.165, 1.54) is 0 Å². The number of ether oxygens (including phenoxy) is 5. The van der Waals surface area contributed by atoms with Crippen LogP contribution in [0.2, 0.25) is 0 Å². The zero-order valence-corrected chi connectivity index (χ0v) is 17.9. The van der Waals surface area contributed by atoms with Gasteiger partial charge in [-0.1, -0.05) is 6.07 Å². The topological polar surface area (TPSA) is 46.2 Å². The number of benzene rings is 2. The lowest BCUT2D eigenvalue weighted by Gasteiger charge is -2.19. The molecular weight excluding hydrogens is 456 g/mol. The van der Waals surface area contributed by atoms with Crippen LogP contribution in [0.4, 0.5) is 0 Å². The second kappa shape index (κ2) is 8.67. The summed E-state index contributed by atoms with van der Waals surface area (Å²) in [6, 6.07) is 5.82. The monoisotopic (exact) mass is 474 g/mol. The number of methoxy groups -OCH3 is 5. The van der Waals surface area contributed by atoms with E-state index in [1.54, 1.807) is 35.5 Å². The van der Waals surface area contributed by atoms with Crippen LogP contribution < -0.4 is 23.7 Å². The summed E-state index contributed by atoms with van der Waals surface area (Å²) in [5, 5.41) is 0. The highest BCUT2D eigenvalue weighted by molar-refractivity contribution is 9.11. The highest BCUT2D eigenvalue weighted by Crippen LogP contribution is 2.50. The third-order valence-electron chi connectivity index (χ3n) is 3.78. The van der Waals surface area contributed by atoms with Gasteiger partial charge in [-0.05, 0) is 55.1 Å². The van der Waals surface area contributed by atoms with E-state index < -0.39 is 0 Å². The van der Waals surface area contributed by atoms with Crippen molar-refractivity contribution in [3.8, 4) is 28.7 Å². The van der Waals surface area contributed by atoms with Crippen LogP contribution in [0.25, 0.3) is 0 Å². The molecule has 0 saturated carbocycles. The fraction of sp³-hybridized carbons (Fsp3) is 0.333. The molecule has 0 amide bonds. The van der Waals surface area contributed by atoms with Gasteiger partial charge >= 0.3 is 0 Å². The van der Waals surface area contributed by atoms with Gasteiger partial charge in [0.05, 0.1) is 44.5 Å². The second-order valence-electron chi connectivity index (χ2n) is 5.07. The van der Waals surface area contributed by atoms with E-state index in [9.17, 15) is 0 Å². The molecule has 0 N–H and O–H groups in total. The van der Waals surface area contributed by atoms with Crippen LogP contribution >= 0.6 is 31.9 Å². The summed E-state index contributed by atoms with van der Waals surface area (Å²) in [6.45, 7) is 0. The van der Waals surface area contributed by atoms with Crippen molar-refractivity contribution in [1.82, 2.24) is 0 Å². The Morgan fingerprint density at radius 3 is 1.64 bits per heavy atom. The first-order valence-electron chi connectivity index (χ1n) is 7.38. The van der Waals surface area contributed by atoms with Crippen LogP contribution in [0, 0.1) is 0 Å². The molecule has 0 heterocycles. The molecule has 0 fully saturated rings. The molecule has 0 spiro atoms. The lowest BCUT2D eigenvalue weighted by molar-refractivity contribution is 0.321. The van der Waals surface area contributed by atoms with Gasteiger partial charge < -0.3 is 23.7 Å². The van der Waals surface area contributed by atoms with Crippen LogP contribution in [0.15, 0.2) is 27.1 Å². The van der Waals surface area contributed by atoms with Crippen LogP contribution in [0.1, 0.15) is 11.1 Å². The minimum absolute atomic E-state index is 0.528. The average Bonchev–Trinajstić information content (AvgIpc) is 2.64. The molecule has 0 aliphatic carbocycles.